The van der Waals surface area contributed by atoms with Crippen molar-refractivity contribution in [2.24, 2.45) is 0 Å². The Hall–Kier alpha value is -3.76. The number of sulfonamides is 1. The van der Waals surface area contributed by atoms with Gasteiger partial charge in [-0.15, -0.1) is 0 Å². The molecule has 0 aromatic heterocycles. The largest absolute Gasteiger partial charge is 0.493 e. The van der Waals surface area contributed by atoms with E-state index in [4.69, 9.17) is 25.8 Å². The molecule has 0 saturated carbocycles. The number of methoxy groups -OCH3 is 2. The Kier molecular flexibility index (Phi) is 9.98. The minimum absolute atomic E-state index is 0.0937. The third-order valence-electron chi connectivity index (χ3n) is 5.48. The van der Waals surface area contributed by atoms with Gasteiger partial charge in [-0.3, -0.25) is 9.10 Å². The number of nitrogens with one attached hydrogen (secondary N) is 1. The van der Waals surface area contributed by atoms with Crippen LogP contribution in [0.4, 0.5) is 11.4 Å². The number of unbranched alkanes of at least 4 members (excludes halogenated alkanes) is 1. The molecule has 0 fully saturated rings. The van der Waals surface area contributed by atoms with E-state index in [0.717, 1.165) is 17.1 Å². The van der Waals surface area contributed by atoms with Crippen LogP contribution in [0, 0.1) is 0 Å². The summed E-state index contributed by atoms with van der Waals surface area (Å²) in [4.78, 5) is 25.0. The van der Waals surface area contributed by atoms with Gasteiger partial charge in [0.05, 0.1) is 37.0 Å². The SMILES string of the molecule is CCCCOC(=O)c1ccc(NC(=O)CN(c2ccc(Cl)cc2)S(=O)(=O)c2ccc(OC)c(OC)c2)cc1. The highest BCUT2D eigenvalue weighted by Crippen LogP contribution is 2.32. The molecule has 0 unspecified atom stereocenters. The van der Waals surface area contributed by atoms with Crippen LogP contribution in [-0.4, -0.2) is 47.7 Å². The van der Waals surface area contributed by atoms with Gasteiger partial charge in [-0.25, -0.2) is 13.2 Å². The number of ether oxygens (including phenoxy) is 3. The molecule has 0 spiro atoms. The summed E-state index contributed by atoms with van der Waals surface area (Å²) in [7, 11) is -1.37. The maximum atomic E-state index is 13.7. The summed E-state index contributed by atoms with van der Waals surface area (Å²) in [5.74, 6) is -0.462. The van der Waals surface area contributed by atoms with Crippen LogP contribution in [0.1, 0.15) is 30.1 Å². The van der Waals surface area contributed by atoms with Gasteiger partial charge in [0.25, 0.3) is 10.0 Å². The molecule has 0 aliphatic carbocycles. The summed E-state index contributed by atoms with van der Waals surface area (Å²) in [6, 6.07) is 16.4. The number of hydrogen-bond donors (Lipinski definition) is 1. The first kappa shape index (κ1) is 28.8. The third-order valence-corrected chi connectivity index (χ3v) is 7.50. The molecule has 0 bridgehead atoms. The zero-order valence-corrected chi connectivity index (χ0v) is 22.8. The van der Waals surface area contributed by atoms with E-state index in [0.29, 0.717) is 28.6 Å². The molecule has 0 heterocycles. The molecule has 11 heteroatoms. The normalized spacial score (nSPS) is 10.9. The second kappa shape index (κ2) is 13.2. The number of carbonyl (C=O) groups excluding carboxylic acids is 2. The van der Waals surface area contributed by atoms with Crippen molar-refractivity contribution in [3.8, 4) is 11.5 Å². The van der Waals surface area contributed by atoms with E-state index in [9.17, 15) is 18.0 Å². The van der Waals surface area contributed by atoms with E-state index in [1.54, 1.807) is 12.1 Å². The number of halogens is 1. The lowest BCUT2D eigenvalue weighted by atomic mass is 10.2. The molecule has 202 valence electrons. The fourth-order valence-electron chi connectivity index (χ4n) is 3.44. The van der Waals surface area contributed by atoms with Crippen molar-refractivity contribution < 1.29 is 32.2 Å². The second-order valence-electron chi connectivity index (χ2n) is 8.12. The Morgan fingerprint density at radius 1 is 0.921 bits per heavy atom. The summed E-state index contributed by atoms with van der Waals surface area (Å²) in [5.41, 5.74) is 0.974. The Balaban J connectivity index is 1.83. The Labute approximate surface area is 227 Å². The predicted octanol–water partition coefficient (Wildman–Crippen LogP) is 5.15. The monoisotopic (exact) mass is 560 g/mol. The van der Waals surface area contributed by atoms with E-state index in [-0.39, 0.29) is 16.3 Å². The third kappa shape index (κ3) is 7.17. The quantitative estimate of drug-likeness (QED) is 0.241. The highest BCUT2D eigenvalue weighted by molar-refractivity contribution is 7.92. The van der Waals surface area contributed by atoms with Crippen LogP contribution in [0.25, 0.3) is 0 Å². The lowest BCUT2D eigenvalue weighted by Gasteiger charge is -2.24. The molecule has 0 aliphatic heterocycles. The zero-order valence-electron chi connectivity index (χ0n) is 21.3. The number of rotatable bonds is 12. The minimum Gasteiger partial charge on any atom is -0.493 e. The average molecular weight is 561 g/mol. The number of amides is 1. The van der Waals surface area contributed by atoms with E-state index < -0.39 is 28.4 Å². The summed E-state index contributed by atoms with van der Waals surface area (Å²) in [5, 5.41) is 3.08. The average Bonchev–Trinajstić information content (AvgIpc) is 2.92. The van der Waals surface area contributed by atoms with E-state index in [2.05, 4.69) is 5.32 Å². The number of nitrogens with zero attached hydrogens (tertiary/aromatic N) is 1. The Bertz CT molecular complexity index is 1360. The highest BCUT2D eigenvalue weighted by atomic mass is 35.5. The van der Waals surface area contributed by atoms with Gasteiger partial charge < -0.3 is 19.5 Å². The zero-order chi connectivity index (χ0) is 27.7. The summed E-state index contributed by atoms with van der Waals surface area (Å²) < 4.78 is 43.9. The number of hydrogen-bond acceptors (Lipinski definition) is 7. The molecule has 0 aliphatic rings. The Morgan fingerprint density at radius 2 is 1.58 bits per heavy atom. The van der Waals surface area contributed by atoms with E-state index in [1.165, 1.54) is 68.8 Å². The fourth-order valence-corrected chi connectivity index (χ4v) is 5.00. The van der Waals surface area contributed by atoms with Gasteiger partial charge in [-0.05, 0) is 67.1 Å². The number of esters is 1. The maximum absolute atomic E-state index is 13.7. The number of carbonyl (C=O) groups is 2. The van der Waals surface area contributed by atoms with Crippen molar-refractivity contribution in [3.63, 3.8) is 0 Å². The van der Waals surface area contributed by atoms with Crippen molar-refractivity contribution >= 4 is 44.9 Å². The topological polar surface area (TPSA) is 111 Å². The van der Waals surface area contributed by atoms with Crippen molar-refractivity contribution in [2.45, 2.75) is 24.7 Å². The summed E-state index contributed by atoms with van der Waals surface area (Å²) in [6.07, 6.45) is 1.68. The first-order valence-corrected chi connectivity index (χ1v) is 13.6. The van der Waals surface area contributed by atoms with Gasteiger partial charge >= 0.3 is 5.97 Å². The van der Waals surface area contributed by atoms with Gasteiger partial charge in [0.15, 0.2) is 11.5 Å². The van der Waals surface area contributed by atoms with Crippen LogP contribution in [0.3, 0.4) is 0 Å². The first-order chi connectivity index (χ1) is 18.2. The van der Waals surface area contributed by atoms with Crippen molar-refractivity contribution in [1.29, 1.82) is 0 Å². The molecular formula is C27H29ClN2O7S. The molecule has 1 amide bonds. The Morgan fingerprint density at radius 3 is 2.18 bits per heavy atom. The smallest absolute Gasteiger partial charge is 0.338 e. The molecule has 3 aromatic carbocycles. The van der Waals surface area contributed by atoms with E-state index >= 15 is 0 Å². The predicted molar refractivity (Wildman–Crippen MR) is 146 cm³/mol. The van der Waals surface area contributed by atoms with Crippen LogP contribution in [-0.2, 0) is 19.6 Å². The molecular weight excluding hydrogens is 532 g/mol. The van der Waals surface area contributed by atoms with Gasteiger partial charge in [0.1, 0.15) is 6.54 Å². The molecule has 0 saturated heterocycles. The molecule has 0 atom stereocenters. The van der Waals surface area contributed by atoms with Crippen LogP contribution >= 0.6 is 11.6 Å². The molecule has 9 nitrogen and oxygen atoms in total. The molecule has 3 aromatic rings. The first-order valence-electron chi connectivity index (χ1n) is 11.8. The van der Waals surface area contributed by atoms with Crippen LogP contribution in [0.5, 0.6) is 11.5 Å². The van der Waals surface area contributed by atoms with Gasteiger partial charge in [-0.1, -0.05) is 24.9 Å². The van der Waals surface area contributed by atoms with Crippen molar-refractivity contribution in [2.75, 3.05) is 37.0 Å². The van der Waals surface area contributed by atoms with Gasteiger partial charge in [0, 0.05) is 16.8 Å². The minimum atomic E-state index is -4.21. The lowest BCUT2D eigenvalue weighted by molar-refractivity contribution is -0.114. The van der Waals surface area contributed by atoms with Crippen LogP contribution < -0.4 is 19.1 Å². The van der Waals surface area contributed by atoms with Crippen LogP contribution in [0.15, 0.2) is 71.6 Å². The molecule has 1 N–H and O–H groups in total. The molecule has 0 radical (unpaired) electrons. The van der Waals surface area contributed by atoms with Crippen molar-refractivity contribution in [3.05, 3.63) is 77.3 Å². The van der Waals surface area contributed by atoms with Crippen LogP contribution in [0.2, 0.25) is 5.02 Å². The fraction of sp³-hybridized carbons (Fsp3) is 0.259. The second-order valence-corrected chi connectivity index (χ2v) is 10.4. The standard InChI is InChI=1S/C27H29ClN2O7S/c1-4-5-16-37-27(32)19-6-10-21(11-7-19)29-26(31)18-30(22-12-8-20(28)9-13-22)38(33,34)23-14-15-24(35-2)25(17-23)36-3/h6-15,17H,4-5,16,18H2,1-3H3,(H,29,31). The lowest BCUT2D eigenvalue weighted by Crippen LogP contribution is -2.38. The summed E-state index contributed by atoms with van der Waals surface area (Å²) in [6.45, 7) is 1.81. The highest BCUT2D eigenvalue weighted by Gasteiger charge is 2.28. The molecule has 3 rings (SSSR count). The number of anilines is 2. The number of benzene rings is 3. The maximum Gasteiger partial charge on any atom is 0.338 e. The van der Waals surface area contributed by atoms with Gasteiger partial charge in [-0.2, -0.15) is 0 Å². The summed E-state index contributed by atoms with van der Waals surface area (Å²) >= 11 is 5.99. The van der Waals surface area contributed by atoms with Crippen molar-refractivity contribution in [1.82, 2.24) is 0 Å². The van der Waals surface area contributed by atoms with Gasteiger partial charge in [0.2, 0.25) is 5.91 Å². The van der Waals surface area contributed by atoms with E-state index in [1.807, 2.05) is 6.92 Å². The molecule has 38 heavy (non-hydrogen) atoms.